The molecule has 1 unspecified atom stereocenters. The zero-order valence-electron chi connectivity index (χ0n) is 8.29. The van der Waals surface area contributed by atoms with Crippen LogP contribution in [0, 0.1) is 5.82 Å². The van der Waals surface area contributed by atoms with Gasteiger partial charge in [-0.1, -0.05) is 11.6 Å². The lowest BCUT2D eigenvalue weighted by Gasteiger charge is -2.10. The van der Waals surface area contributed by atoms with Gasteiger partial charge in [0.1, 0.15) is 5.82 Å². The Morgan fingerprint density at radius 2 is 2.12 bits per heavy atom. The topological polar surface area (TPSA) is 0 Å². The van der Waals surface area contributed by atoms with Gasteiger partial charge < -0.3 is 0 Å². The van der Waals surface area contributed by atoms with Gasteiger partial charge in [-0.2, -0.15) is 11.3 Å². The van der Waals surface area contributed by atoms with Crippen molar-refractivity contribution >= 4 is 34.5 Å². The van der Waals surface area contributed by atoms with E-state index in [1.807, 2.05) is 16.8 Å². The molecule has 0 spiro atoms. The van der Waals surface area contributed by atoms with Crippen LogP contribution in [0.3, 0.4) is 0 Å². The van der Waals surface area contributed by atoms with Gasteiger partial charge in [0.2, 0.25) is 0 Å². The molecule has 16 heavy (non-hydrogen) atoms. The molecule has 0 radical (unpaired) electrons. The lowest BCUT2D eigenvalue weighted by Crippen LogP contribution is -1.98. The molecule has 0 N–H and O–H groups in total. The summed E-state index contributed by atoms with van der Waals surface area (Å²) < 4.78 is 13.5. The normalized spacial score (nSPS) is 12.7. The standard InChI is InChI=1S/C12H9Cl2FS/c13-9-1-2-12(15)10(6-9)11(14)5-8-3-4-16-7-8/h1-4,6-7,11H,5H2. The van der Waals surface area contributed by atoms with E-state index < -0.39 is 0 Å². The second kappa shape index (κ2) is 5.17. The third-order valence-corrected chi connectivity index (χ3v) is 3.65. The summed E-state index contributed by atoms with van der Waals surface area (Å²) in [6.45, 7) is 0. The first-order chi connectivity index (χ1) is 7.66. The molecule has 1 aromatic carbocycles. The summed E-state index contributed by atoms with van der Waals surface area (Å²) in [5, 5.41) is 4.12. The molecule has 84 valence electrons. The minimum Gasteiger partial charge on any atom is -0.207 e. The molecule has 0 bridgehead atoms. The van der Waals surface area contributed by atoms with Gasteiger partial charge in [-0.05, 0) is 47.0 Å². The molecule has 0 amide bonds. The van der Waals surface area contributed by atoms with E-state index in [0.29, 0.717) is 17.0 Å². The molecule has 0 aliphatic rings. The highest BCUT2D eigenvalue weighted by Crippen LogP contribution is 2.29. The average Bonchev–Trinajstić information content (AvgIpc) is 2.74. The monoisotopic (exact) mass is 274 g/mol. The highest BCUT2D eigenvalue weighted by molar-refractivity contribution is 7.07. The van der Waals surface area contributed by atoms with Crippen molar-refractivity contribution in [1.29, 1.82) is 0 Å². The van der Waals surface area contributed by atoms with Crippen LogP contribution in [-0.4, -0.2) is 0 Å². The van der Waals surface area contributed by atoms with Crippen molar-refractivity contribution in [3.05, 3.63) is 57.0 Å². The summed E-state index contributed by atoms with van der Waals surface area (Å²) in [5.41, 5.74) is 1.57. The van der Waals surface area contributed by atoms with Crippen LogP contribution in [0.25, 0.3) is 0 Å². The van der Waals surface area contributed by atoms with Crippen molar-refractivity contribution in [3.8, 4) is 0 Å². The Morgan fingerprint density at radius 3 is 2.81 bits per heavy atom. The van der Waals surface area contributed by atoms with E-state index in [9.17, 15) is 4.39 Å². The van der Waals surface area contributed by atoms with Gasteiger partial charge in [-0.25, -0.2) is 4.39 Å². The Kier molecular flexibility index (Phi) is 3.85. The molecule has 0 saturated carbocycles. The largest absolute Gasteiger partial charge is 0.207 e. The van der Waals surface area contributed by atoms with E-state index in [2.05, 4.69) is 0 Å². The van der Waals surface area contributed by atoms with Crippen molar-refractivity contribution in [1.82, 2.24) is 0 Å². The molecule has 0 saturated heterocycles. The summed E-state index contributed by atoms with van der Waals surface area (Å²) in [5.74, 6) is -0.306. The Bertz CT molecular complexity index is 468. The van der Waals surface area contributed by atoms with Crippen LogP contribution in [0.15, 0.2) is 35.0 Å². The second-order valence-corrected chi connectivity index (χ2v) is 5.21. The smallest absolute Gasteiger partial charge is 0.128 e. The zero-order chi connectivity index (χ0) is 11.5. The van der Waals surface area contributed by atoms with Gasteiger partial charge >= 0.3 is 0 Å². The maximum Gasteiger partial charge on any atom is 0.128 e. The number of halogens is 3. The molecule has 0 aliphatic carbocycles. The number of rotatable bonds is 3. The first-order valence-electron chi connectivity index (χ1n) is 4.77. The fourth-order valence-electron chi connectivity index (χ4n) is 1.48. The van der Waals surface area contributed by atoms with E-state index in [0.717, 1.165) is 5.56 Å². The zero-order valence-corrected chi connectivity index (χ0v) is 10.6. The maximum atomic E-state index is 13.5. The van der Waals surface area contributed by atoms with Crippen LogP contribution in [-0.2, 0) is 6.42 Å². The summed E-state index contributed by atoms with van der Waals surface area (Å²) in [7, 11) is 0. The van der Waals surface area contributed by atoms with Crippen molar-refractivity contribution < 1.29 is 4.39 Å². The van der Waals surface area contributed by atoms with Crippen LogP contribution in [0.5, 0.6) is 0 Å². The highest BCUT2D eigenvalue weighted by atomic mass is 35.5. The number of benzene rings is 1. The molecule has 2 rings (SSSR count). The quantitative estimate of drug-likeness (QED) is 0.686. The molecular formula is C12H9Cl2FS. The SMILES string of the molecule is Fc1ccc(Cl)cc1C(Cl)Cc1ccsc1. The Hall–Kier alpha value is -0.570. The molecule has 4 heteroatoms. The summed E-state index contributed by atoms with van der Waals surface area (Å²) in [6.07, 6.45) is 0.613. The molecule has 2 aromatic rings. The van der Waals surface area contributed by atoms with Gasteiger partial charge in [0.25, 0.3) is 0 Å². The first kappa shape index (κ1) is 11.9. The Labute approximate surface area is 108 Å². The van der Waals surface area contributed by atoms with Gasteiger partial charge in [-0.15, -0.1) is 11.6 Å². The van der Waals surface area contributed by atoms with E-state index in [1.165, 1.54) is 12.1 Å². The molecule has 0 nitrogen and oxygen atoms in total. The lowest BCUT2D eigenvalue weighted by molar-refractivity contribution is 0.606. The van der Waals surface area contributed by atoms with Crippen LogP contribution >= 0.6 is 34.5 Å². The third kappa shape index (κ3) is 2.76. The van der Waals surface area contributed by atoms with Gasteiger partial charge in [0.15, 0.2) is 0 Å². The van der Waals surface area contributed by atoms with Crippen molar-refractivity contribution in [2.75, 3.05) is 0 Å². The van der Waals surface area contributed by atoms with Crippen LogP contribution in [0.4, 0.5) is 4.39 Å². The lowest BCUT2D eigenvalue weighted by atomic mass is 10.1. The molecule has 1 atom stereocenters. The Morgan fingerprint density at radius 1 is 1.31 bits per heavy atom. The van der Waals surface area contributed by atoms with Crippen LogP contribution in [0.2, 0.25) is 5.02 Å². The fourth-order valence-corrected chi connectivity index (χ4v) is 2.69. The molecule has 0 aliphatic heterocycles. The van der Waals surface area contributed by atoms with E-state index in [1.54, 1.807) is 17.4 Å². The van der Waals surface area contributed by atoms with E-state index >= 15 is 0 Å². The van der Waals surface area contributed by atoms with Gasteiger partial charge in [0.05, 0.1) is 5.38 Å². The third-order valence-electron chi connectivity index (χ3n) is 2.29. The Balaban J connectivity index is 2.20. The summed E-state index contributed by atoms with van der Waals surface area (Å²) in [6, 6.07) is 6.44. The number of thiophene rings is 1. The maximum absolute atomic E-state index is 13.5. The highest BCUT2D eigenvalue weighted by Gasteiger charge is 2.14. The predicted molar refractivity (Wildman–Crippen MR) is 68.0 cm³/mol. The van der Waals surface area contributed by atoms with Gasteiger partial charge in [-0.3, -0.25) is 0 Å². The van der Waals surface area contributed by atoms with Gasteiger partial charge in [0, 0.05) is 10.6 Å². The van der Waals surface area contributed by atoms with Crippen LogP contribution < -0.4 is 0 Å². The van der Waals surface area contributed by atoms with Crippen molar-refractivity contribution in [2.45, 2.75) is 11.8 Å². The number of alkyl halides is 1. The minimum atomic E-state index is -0.381. The predicted octanol–water partition coefficient (Wildman–Crippen LogP) is 5.06. The fraction of sp³-hybridized carbons (Fsp3) is 0.167. The summed E-state index contributed by atoms with van der Waals surface area (Å²) >= 11 is 13.6. The molecule has 1 aromatic heterocycles. The first-order valence-corrected chi connectivity index (χ1v) is 6.52. The van der Waals surface area contributed by atoms with E-state index in [4.69, 9.17) is 23.2 Å². The van der Waals surface area contributed by atoms with Crippen LogP contribution in [0.1, 0.15) is 16.5 Å². The van der Waals surface area contributed by atoms with E-state index in [-0.39, 0.29) is 11.2 Å². The number of hydrogen-bond acceptors (Lipinski definition) is 1. The number of hydrogen-bond donors (Lipinski definition) is 0. The molecule has 0 fully saturated rings. The molecule has 1 heterocycles. The minimum absolute atomic E-state index is 0.306. The van der Waals surface area contributed by atoms with Crippen molar-refractivity contribution in [2.24, 2.45) is 0 Å². The average molecular weight is 275 g/mol. The second-order valence-electron chi connectivity index (χ2n) is 3.47. The molecular weight excluding hydrogens is 266 g/mol. The van der Waals surface area contributed by atoms with Crippen molar-refractivity contribution in [3.63, 3.8) is 0 Å². The summed E-state index contributed by atoms with van der Waals surface area (Å²) in [4.78, 5) is 0.